The number of rotatable bonds is 6. The summed E-state index contributed by atoms with van der Waals surface area (Å²) in [5.41, 5.74) is 1.09. The van der Waals surface area contributed by atoms with Crippen LogP contribution in [0.15, 0.2) is 42.6 Å². The number of nitrogens with zero attached hydrogens (tertiary/aromatic N) is 1. The summed E-state index contributed by atoms with van der Waals surface area (Å²) in [4.78, 5) is 27.3. The normalized spacial score (nSPS) is 10.9. The smallest absolute Gasteiger partial charge is 0.422 e. The van der Waals surface area contributed by atoms with Crippen molar-refractivity contribution in [2.75, 3.05) is 13.7 Å². The van der Waals surface area contributed by atoms with Crippen LogP contribution in [0.1, 0.15) is 26.3 Å². The molecule has 9 heteroatoms. The first-order chi connectivity index (χ1) is 12.3. The van der Waals surface area contributed by atoms with Crippen LogP contribution in [0.25, 0.3) is 0 Å². The van der Waals surface area contributed by atoms with Crippen molar-refractivity contribution in [1.82, 2.24) is 15.6 Å². The molecule has 2 amide bonds. The standard InChI is InChI=1S/C17H16F3N3O3/c1-21-14(24)12-6-4-11(5-7-12)9-23-15(25)13-3-2-8-22-16(13)26-10-17(18,19)20/h2-8H,9-10H2,1H3,(H,21,24)(H,23,25). The number of carbonyl (C=O) groups is 2. The lowest BCUT2D eigenvalue weighted by molar-refractivity contribution is -0.154. The molecule has 2 N–H and O–H groups in total. The summed E-state index contributed by atoms with van der Waals surface area (Å²) in [5.74, 6) is -1.25. The maximum absolute atomic E-state index is 12.3. The number of benzene rings is 1. The van der Waals surface area contributed by atoms with Gasteiger partial charge in [0, 0.05) is 25.4 Å². The van der Waals surface area contributed by atoms with Gasteiger partial charge >= 0.3 is 6.18 Å². The third kappa shape index (κ3) is 5.47. The third-order valence-electron chi connectivity index (χ3n) is 3.28. The van der Waals surface area contributed by atoms with E-state index in [2.05, 4.69) is 20.4 Å². The third-order valence-corrected chi connectivity index (χ3v) is 3.28. The lowest BCUT2D eigenvalue weighted by atomic mass is 10.1. The maximum Gasteiger partial charge on any atom is 0.422 e. The van der Waals surface area contributed by atoms with Gasteiger partial charge in [0.2, 0.25) is 5.88 Å². The number of halogens is 3. The minimum absolute atomic E-state index is 0.0984. The van der Waals surface area contributed by atoms with Crippen molar-refractivity contribution in [1.29, 1.82) is 0 Å². The van der Waals surface area contributed by atoms with Crippen molar-refractivity contribution in [3.8, 4) is 5.88 Å². The van der Waals surface area contributed by atoms with Crippen molar-refractivity contribution >= 4 is 11.8 Å². The quantitative estimate of drug-likeness (QED) is 0.821. The van der Waals surface area contributed by atoms with Crippen LogP contribution in [0.4, 0.5) is 13.2 Å². The Labute approximate surface area is 147 Å². The summed E-state index contributed by atoms with van der Waals surface area (Å²) >= 11 is 0. The summed E-state index contributed by atoms with van der Waals surface area (Å²) in [6, 6.07) is 9.27. The Hall–Kier alpha value is -3.10. The van der Waals surface area contributed by atoms with E-state index in [9.17, 15) is 22.8 Å². The van der Waals surface area contributed by atoms with Gasteiger partial charge < -0.3 is 15.4 Å². The van der Waals surface area contributed by atoms with Crippen molar-refractivity contribution in [3.63, 3.8) is 0 Å². The van der Waals surface area contributed by atoms with Gasteiger partial charge in [0.15, 0.2) is 6.61 Å². The SMILES string of the molecule is CNC(=O)c1ccc(CNC(=O)c2cccnc2OCC(F)(F)F)cc1. The second kappa shape index (κ2) is 8.32. The average Bonchev–Trinajstić information content (AvgIpc) is 2.64. The summed E-state index contributed by atoms with van der Waals surface area (Å²) in [7, 11) is 1.52. The van der Waals surface area contributed by atoms with Crippen LogP contribution >= 0.6 is 0 Å². The van der Waals surface area contributed by atoms with Gasteiger partial charge in [0.25, 0.3) is 11.8 Å². The Kier molecular flexibility index (Phi) is 6.16. The molecule has 138 valence electrons. The molecule has 0 spiro atoms. The number of ether oxygens (including phenoxy) is 1. The summed E-state index contributed by atoms with van der Waals surface area (Å²) < 4.78 is 41.4. The van der Waals surface area contributed by atoms with Gasteiger partial charge in [0.05, 0.1) is 0 Å². The van der Waals surface area contributed by atoms with Gasteiger partial charge in [-0.2, -0.15) is 13.2 Å². The van der Waals surface area contributed by atoms with E-state index in [4.69, 9.17) is 0 Å². The fraction of sp³-hybridized carbons (Fsp3) is 0.235. The summed E-state index contributed by atoms with van der Waals surface area (Å²) in [6.07, 6.45) is -3.29. The highest BCUT2D eigenvalue weighted by molar-refractivity contribution is 5.96. The largest absolute Gasteiger partial charge is 0.467 e. The molecule has 0 saturated heterocycles. The Morgan fingerprint density at radius 3 is 2.42 bits per heavy atom. The van der Waals surface area contributed by atoms with Crippen LogP contribution < -0.4 is 15.4 Å². The van der Waals surface area contributed by atoms with Crippen molar-refractivity contribution in [3.05, 3.63) is 59.3 Å². The average molecular weight is 367 g/mol. The molecule has 0 saturated carbocycles. The van der Waals surface area contributed by atoms with Crippen LogP contribution in [0.3, 0.4) is 0 Å². The van der Waals surface area contributed by atoms with Crippen LogP contribution in [0.2, 0.25) is 0 Å². The minimum Gasteiger partial charge on any atom is -0.467 e. The van der Waals surface area contributed by atoms with E-state index in [0.717, 1.165) is 0 Å². The lowest BCUT2D eigenvalue weighted by Gasteiger charge is -2.12. The topological polar surface area (TPSA) is 80.3 Å². The van der Waals surface area contributed by atoms with Crippen LogP contribution in [-0.4, -0.2) is 36.6 Å². The molecule has 0 aliphatic rings. The molecule has 2 aromatic rings. The Bertz CT molecular complexity index is 777. The Balaban J connectivity index is 2.01. The molecule has 2 rings (SSSR count). The van der Waals surface area contributed by atoms with Crippen molar-refractivity contribution < 1.29 is 27.5 Å². The Morgan fingerprint density at radius 1 is 1.12 bits per heavy atom. The molecule has 0 aliphatic carbocycles. The predicted octanol–water partition coefficient (Wildman–Crippen LogP) is 2.31. The second-order valence-electron chi connectivity index (χ2n) is 5.22. The second-order valence-corrected chi connectivity index (χ2v) is 5.22. The van der Waals surface area contributed by atoms with Gasteiger partial charge in [-0.15, -0.1) is 0 Å². The Morgan fingerprint density at radius 2 is 1.81 bits per heavy atom. The number of amides is 2. The number of pyridine rings is 1. The molecular weight excluding hydrogens is 351 g/mol. The molecule has 1 aromatic heterocycles. The highest BCUT2D eigenvalue weighted by Gasteiger charge is 2.29. The first-order valence-electron chi connectivity index (χ1n) is 7.54. The van der Waals surface area contributed by atoms with Crippen molar-refractivity contribution in [2.24, 2.45) is 0 Å². The van der Waals surface area contributed by atoms with E-state index >= 15 is 0 Å². The fourth-order valence-corrected chi connectivity index (χ4v) is 2.02. The molecule has 0 bridgehead atoms. The zero-order chi connectivity index (χ0) is 19.2. The molecule has 0 atom stereocenters. The van der Waals surface area contributed by atoms with E-state index in [1.807, 2.05) is 0 Å². The van der Waals surface area contributed by atoms with Crippen LogP contribution in [0, 0.1) is 0 Å². The summed E-state index contributed by atoms with van der Waals surface area (Å²) in [5, 5.41) is 5.07. The van der Waals surface area contributed by atoms with Gasteiger partial charge in [-0.1, -0.05) is 12.1 Å². The number of aromatic nitrogens is 1. The van der Waals surface area contributed by atoms with Gasteiger partial charge in [-0.3, -0.25) is 9.59 Å². The first-order valence-corrected chi connectivity index (χ1v) is 7.54. The molecule has 1 aromatic carbocycles. The lowest BCUT2D eigenvalue weighted by Crippen LogP contribution is -2.25. The van der Waals surface area contributed by atoms with Crippen molar-refractivity contribution in [2.45, 2.75) is 12.7 Å². The van der Waals surface area contributed by atoms with Crippen LogP contribution in [0.5, 0.6) is 5.88 Å². The number of hydrogen-bond acceptors (Lipinski definition) is 4. The molecule has 6 nitrogen and oxygen atoms in total. The number of hydrogen-bond donors (Lipinski definition) is 2. The van der Waals surface area contributed by atoms with E-state index in [0.29, 0.717) is 11.1 Å². The zero-order valence-corrected chi connectivity index (χ0v) is 13.8. The molecule has 1 heterocycles. The molecule has 0 unspecified atom stereocenters. The van der Waals surface area contributed by atoms with Gasteiger partial charge in [-0.05, 0) is 29.8 Å². The van der Waals surface area contributed by atoms with E-state index in [1.54, 1.807) is 24.3 Å². The first kappa shape index (κ1) is 19.2. The molecule has 0 radical (unpaired) electrons. The highest BCUT2D eigenvalue weighted by atomic mass is 19.4. The predicted molar refractivity (Wildman–Crippen MR) is 86.8 cm³/mol. The fourth-order valence-electron chi connectivity index (χ4n) is 2.02. The zero-order valence-electron chi connectivity index (χ0n) is 13.8. The van der Waals surface area contributed by atoms with Gasteiger partial charge in [0.1, 0.15) is 5.56 Å². The molecule has 26 heavy (non-hydrogen) atoms. The molecular formula is C17H16F3N3O3. The number of alkyl halides is 3. The number of carbonyl (C=O) groups excluding carboxylic acids is 2. The molecule has 0 aliphatic heterocycles. The highest BCUT2D eigenvalue weighted by Crippen LogP contribution is 2.20. The van der Waals surface area contributed by atoms with E-state index in [1.165, 1.54) is 25.4 Å². The van der Waals surface area contributed by atoms with E-state index < -0.39 is 24.6 Å². The van der Waals surface area contributed by atoms with Gasteiger partial charge in [-0.25, -0.2) is 4.98 Å². The van der Waals surface area contributed by atoms with E-state index in [-0.39, 0.29) is 18.0 Å². The number of nitrogens with one attached hydrogen (secondary N) is 2. The van der Waals surface area contributed by atoms with Crippen LogP contribution in [-0.2, 0) is 6.54 Å². The monoisotopic (exact) mass is 367 g/mol. The maximum atomic E-state index is 12.3. The molecule has 0 fully saturated rings. The summed E-state index contributed by atoms with van der Waals surface area (Å²) in [6.45, 7) is -1.41. The minimum atomic E-state index is -4.53.